The van der Waals surface area contributed by atoms with Crippen LogP contribution in [0.15, 0.2) is 6.20 Å². The van der Waals surface area contributed by atoms with Gasteiger partial charge in [-0.3, -0.25) is 0 Å². The normalized spacial score (nSPS) is 22.1. The van der Waals surface area contributed by atoms with E-state index in [0.29, 0.717) is 19.7 Å². The van der Waals surface area contributed by atoms with Gasteiger partial charge in [0.2, 0.25) is 10.0 Å². The largest absolute Gasteiger partial charge is 0.368 e. The van der Waals surface area contributed by atoms with Crippen molar-refractivity contribution in [2.24, 2.45) is 7.05 Å². The van der Waals surface area contributed by atoms with Crippen LogP contribution >= 0.6 is 0 Å². The van der Waals surface area contributed by atoms with Gasteiger partial charge in [-0.05, 0) is 20.8 Å². The highest BCUT2D eigenvalue weighted by atomic mass is 32.2. The van der Waals surface area contributed by atoms with Crippen molar-refractivity contribution >= 4 is 10.0 Å². The fraction of sp³-hybridized carbons (Fsp3) is 0.750. The third kappa shape index (κ3) is 2.82. The Labute approximate surface area is 114 Å². The SMILES string of the molecule is Cc1cn(C)c([C@H]2CN(S(=O)(=O)C(C)C)CCO2)n1. The number of rotatable bonds is 3. The van der Waals surface area contributed by atoms with Crippen molar-refractivity contribution in [2.45, 2.75) is 32.1 Å². The smallest absolute Gasteiger partial charge is 0.216 e. The molecular formula is C12H21N3O3S. The minimum atomic E-state index is -3.23. The lowest BCUT2D eigenvalue weighted by Crippen LogP contribution is -2.45. The number of morpholine rings is 1. The van der Waals surface area contributed by atoms with Crippen molar-refractivity contribution in [3.63, 3.8) is 0 Å². The van der Waals surface area contributed by atoms with E-state index in [2.05, 4.69) is 4.98 Å². The summed E-state index contributed by atoms with van der Waals surface area (Å²) in [4.78, 5) is 4.41. The minimum absolute atomic E-state index is 0.291. The van der Waals surface area contributed by atoms with Crippen molar-refractivity contribution in [1.82, 2.24) is 13.9 Å². The summed E-state index contributed by atoms with van der Waals surface area (Å²) in [7, 11) is -1.33. The number of hydrogen-bond acceptors (Lipinski definition) is 4. The molecule has 0 N–H and O–H groups in total. The number of aromatic nitrogens is 2. The van der Waals surface area contributed by atoms with E-state index in [1.165, 1.54) is 4.31 Å². The molecule has 0 saturated carbocycles. The van der Waals surface area contributed by atoms with Gasteiger partial charge in [0.05, 0.1) is 17.6 Å². The summed E-state index contributed by atoms with van der Waals surface area (Å²) in [6, 6.07) is 0. The van der Waals surface area contributed by atoms with E-state index in [1.807, 2.05) is 24.7 Å². The molecule has 2 rings (SSSR count). The molecule has 1 saturated heterocycles. The quantitative estimate of drug-likeness (QED) is 0.826. The highest BCUT2D eigenvalue weighted by molar-refractivity contribution is 7.89. The van der Waals surface area contributed by atoms with Gasteiger partial charge in [0.15, 0.2) is 0 Å². The van der Waals surface area contributed by atoms with Crippen LogP contribution in [0.2, 0.25) is 0 Å². The standard InChI is InChI=1S/C12H21N3O3S/c1-9(2)19(16,17)15-5-6-18-11(8-15)12-13-10(3)7-14(12)4/h7,9,11H,5-6,8H2,1-4H3/t11-/m1/s1. The first-order valence-electron chi connectivity index (χ1n) is 6.42. The summed E-state index contributed by atoms with van der Waals surface area (Å²) in [6.45, 7) is 6.47. The van der Waals surface area contributed by atoms with Crippen molar-refractivity contribution in [3.8, 4) is 0 Å². The molecule has 0 amide bonds. The predicted octanol–water partition coefficient (Wildman–Crippen LogP) is 0.840. The molecule has 0 spiro atoms. The number of sulfonamides is 1. The molecule has 1 aliphatic rings. The van der Waals surface area contributed by atoms with Crippen LogP contribution < -0.4 is 0 Å². The number of ether oxygens (including phenoxy) is 1. The van der Waals surface area contributed by atoms with Crippen molar-refractivity contribution < 1.29 is 13.2 Å². The van der Waals surface area contributed by atoms with E-state index in [4.69, 9.17) is 4.74 Å². The summed E-state index contributed by atoms with van der Waals surface area (Å²) >= 11 is 0. The number of nitrogens with zero attached hydrogens (tertiary/aromatic N) is 3. The summed E-state index contributed by atoms with van der Waals surface area (Å²) in [5, 5.41) is -0.408. The molecule has 2 heterocycles. The van der Waals surface area contributed by atoms with Crippen LogP contribution in [0, 0.1) is 6.92 Å². The van der Waals surface area contributed by atoms with Crippen LogP contribution in [-0.4, -0.2) is 47.2 Å². The molecule has 0 unspecified atom stereocenters. The molecule has 1 fully saturated rings. The van der Waals surface area contributed by atoms with Crippen molar-refractivity contribution in [3.05, 3.63) is 17.7 Å². The summed E-state index contributed by atoms with van der Waals surface area (Å²) in [6.07, 6.45) is 1.62. The molecule has 0 bridgehead atoms. The molecule has 1 aromatic heterocycles. The number of aryl methyl sites for hydroxylation is 2. The molecule has 0 radical (unpaired) electrons. The predicted molar refractivity (Wildman–Crippen MR) is 72.3 cm³/mol. The summed E-state index contributed by atoms with van der Waals surface area (Å²) < 4.78 is 33.5. The van der Waals surface area contributed by atoms with Crippen LogP contribution in [0.1, 0.15) is 31.5 Å². The lowest BCUT2D eigenvalue weighted by atomic mass is 10.3. The second-order valence-corrected chi connectivity index (χ2v) is 7.65. The van der Waals surface area contributed by atoms with Crippen LogP contribution in [0.25, 0.3) is 0 Å². The maximum absolute atomic E-state index is 12.2. The van der Waals surface area contributed by atoms with Gasteiger partial charge < -0.3 is 9.30 Å². The number of imidazole rings is 1. The molecule has 0 aromatic carbocycles. The zero-order chi connectivity index (χ0) is 14.2. The third-order valence-corrected chi connectivity index (χ3v) is 5.55. The van der Waals surface area contributed by atoms with Gasteiger partial charge in [0.1, 0.15) is 11.9 Å². The first-order valence-corrected chi connectivity index (χ1v) is 7.93. The van der Waals surface area contributed by atoms with Crippen LogP contribution in [0.5, 0.6) is 0 Å². The monoisotopic (exact) mass is 287 g/mol. The highest BCUT2D eigenvalue weighted by Gasteiger charge is 2.33. The van der Waals surface area contributed by atoms with Crippen LogP contribution in [0.4, 0.5) is 0 Å². The van der Waals surface area contributed by atoms with E-state index in [1.54, 1.807) is 13.8 Å². The van der Waals surface area contributed by atoms with Crippen molar-refractivity contribution in [1.29, 1.82) is 0 Å². The molecule has 108 valence electrons. The maximum Gasteiger partial charge on any atom is 0.216 e. The topological polar surface area (TPSA) is 64.4 Å². The second-order valence-electron chi connectivity index (χ2n) is 5.16. The van der Waals surface area contributed by atoms with Gasteiger partial charge in [-0.2, -0.15) is 4.31 Å². The van der Waals surface area contributed by atoms with Crippen LogP contribution in [-0.2, 0) is 21.8 Å². The van der Waals surface area contributed by atoms with E-state index in [0.717, 1.165) is 11.5 Å². The third-order valence-electron chi connectivity index (χ3n) is 3.31. The zero-order valence-corrected chi connectivity index (χ0v) is 12.6. The van der Waals surface area contributed by atoms with Crippen LogP contribution in [0.3, 0.4) is 0 Å². The van der Waals surface area contributed by atoms with E-state index < -0.39 is 15.3 Å². The summed E-state index contributed by atoms with van der Waals surface area (Å²) in [5.74, 6) is 0.779. The lowest BCUT2D eigenvalue weighted by molar-refractivity contribution is -0.00912. The van der Waals surface area contributed by atoms with Gasteiger partial charge in [-0.25, -0.2) is 13.4 Å². The molecule has 1 atom stereocenters. The molecule has 1 aliphatic heterocycles. The second kappa shape index (κ2) is 5.22. The Morgan fingerprint density at radius 3 is 2.68 bits per heavy atom. The fourth-order valence-corrected chi connectivity index (χ4v) is 3.51. The van der Waals surface area contributed by atoms with E-state index in [9.17, 15) is 8.42 Å². The van der Waals surface area contributed by atoms with E-state index >= 15 is 0 Å². The first-order chi connectivity index (χ1) is 8.82. The van der Waals surface area contributed by atoms with Gasteiger partial charge in [0.25, 0.3) is 0 Å². The minimum Gasteiger partial charge on any atom is -0.368 e. The average molecular weight is 287 g/mol. The zero-order valence-electron chi connectivity index (χ0n) is 11.8. The Morgan fingerprint density at radius 1 is 1.47 bits per heavy atom. The maximum atomic E-state index is 12.2. The fourth-order valence-electron chi connectivity index (χ4n) is 2.25. The molecule has 19 heavy (non-hydrogen) atoms. The highest BCUT2D eigenvalue weighted by Crippen LogP contribution is 2.24. The lowest BCUT2D eigenvalue weighted by Gasteiger charge is -2.32. The van der Waals surface area contributed by atoms with E-state index in [-0.39, 0.29) is 6.10 Å². The molecular weight excluding hydrogens is 266 g/mol. The van der Waals surface area contributed by atoms with Crippen molar-refractivity contribution in [2.75, 3.05) is 19.7 Å². The van der Waals surface area contributed by atoms with Gasteiger partial charge in [-0.15, -0.1) is 0 Å². The molecule has 0 aliphatic carbocycles. The van der Waals surface area contributed by atoms with Gasteiger partial charge >= 0.3 is 0 Å². The van der Waals surface area contributed by atoms with Gasteiger partial charge in [-0.1, -0.05) is 0 Å². The Morgan fingerprint density at radius 2 is 2.16 bits per heavy atom. The average Bonchev–Trinajstić information content (AvgIpc) is 2.68. The first kappa shape index (κ1) is 14.5. The summed E-state index contributed by atoms with van der Waals surface area (Å²) in [5.41, 5.74) is 0.907. The Hall–Kier alpha value is -0.920. The molecule has 6 nitrogen and oxygen atoms in total. The van der Waals surface area contributed by atoms with Gasteiger partial charge in [0, 0.05) is 26.3 Å². The Bertz CT molecular complexity index is 551. The Balaban J connectivity index is 2.21. The number of hydrogen-bond donors (Lipinski definition) is 0. The Kier molecular flexibility index (Phi) is 3.98. The molecule has 7 heteroatoms. The molecule has 1 aromatic rings.